The summed E-state index contributed by atoms with van der Waals surface area (Å²) in [6, 6.07) is 4.38. The molecule has 0 spiro atoms. The van der Waals surface area contributed by atoms with Gasteiger partial charge in [0.1, 0.15) is 5.69 Å². The monoisotopic (exact) mass is 251 g/mol. The Kier molecular flexibility index (Phi) is 3.57. The fourth-order valence-electron chi connectivity index (χ4n) is 1.56. The van der Waals surface area contributed by atoms with Crippen LogP contribution in [-0.4, -0.2) is 27.2 Å². The van der Waals surface area contributed by atoms with Gasteiger partial charge < -0.3 is 9.84 Å². The normalized spacial score (nSPS) is 12.4. The van der Waals surface area contributed by atoms with Gasteiger partial charge in [0.25, 0.3) is 0 Å². The summed E-state index contributed by atoms with van der Waals surface area (Å²) in [7, 11) is 1.40. The molecule has 0 aliphatic rings. The Morgan fingerprint density at radius 2 is 2.28 bits per heavy atom. The third kappa shape index (κ3) is 2.33. The van der Waals surface area contributed by atoms with Crippen molar-refractivity contribution in [3.63, 3.8) is 0 Å². The van der Waals surface area contributed by atoms with Gasteiger partial charge in [0.05, 0.1) is 25.1 Å². The smallest absolute Gasteiger partial charge is 0.165 e. The topological polar surface area (TPSA) is 60.2 Å². The van der Waals surface area contributed by atoms with E-state index in [4.69, 9.17) is 4.74 Å². The molecule has 0 amide bonds. The van der Waals surface area contributed by atoms with Crippen molar-refractivity contribution in [3.05, 3.63) is 35.9 Å². The first kappa shape index (κ1) is 12.5. The van der Waals surface area contributed by atoms with Gasteiger partial charge in [-0.1, -0.05) is 12.1 Å². The van der Waals surface area contributed by atoms with Crippen LogP contribution in [0.1, 0.15) is 25.1 Å². The molecule has 5 nitrogen and oxygen atoms in total. The average molecular weight is 251 g/mol. The van der Waals surface area contributed by atoms with Crippen LogP contribution >= 0.6 is 0 Å². The molecule has 1 atom stereocenters. The molecule has 0 bridgehead atoms. The van der Waals surface area contributed by atoms with E-state index in [1.807, 2.05) is 6.92 Å². The van der Waals surface area contributed by atoms with Gasteiger partial charge in [-0.25, -0.2) is 9.07 Å². The van der Waals surface area contributed by atoms with E-state index >= 15 is 0 Å². The second-order valence-corrected chi connectivity index (χ2v) is 3.83. The molecule has 0 radical (unpaired) electrons. The lowest BCUT2D eigenvalue weighted by molar-refractivity contribution is 0.169. The lowest BCUT2D eigenvalue weighted by atomic mass is 10.2. The van der Waals surface area contributed by atoms with Crippen LogP contribution in [0, 0.1) is 5.82 Å². The summed E-state index contributed by atoms with van der Waals surface area (Å²) in [6.07, 6.45) is 1.54. The molecule has 0 fully saturated rings. The lowest BCUT2D eigenvalue weighted by Crippen LogP contribution is -1.97. The number of benzene rings is 1. The third-order valence-corrected chi connectivity index (χ3v) is 2.64. The molecule has 0 saturated carbocycles. The van der Waals surface area contributed by atoms with Crippen molar-refractivity contribution in [1.29, 1.82) is 0 Å². The number of hydrogen-bond acceptors (Lipinski definition) is 4. The maximum Gasteiger partial charge on any atom is 0.165 e. The SMILES string of the molecule is CCC(O)c1cn(-c2ccc(F)c(OC)c2)nn1. The van der Waals surface area contributed by atoms with Crippen LogP contribution in [0.25, 0.3) is 5.69 Å². The highest BCUT2D eigenvalue weighted by atomic mass is 19.1. The van der Waals surface area contributed by atoms with Gasteiger partial charge >= 0.3 is 0 Å². The second kappa shape index (κ2) is 5.14. The summed E-state index contributed by atoms with van der Waals surface area (Å²) in [6.45, 7) is 1.85. The number of aromatic nitrogens is 3. The molecule has 2 aromatic rings. The lowest BCUT2D eigenvalue weighted by Gasteiger charge is -2.05. The zero-order valence-corrected chi connectivity index (χ0v) is 10.2. The Balaban J connectivity index is 2.34. The van der Waals surface area contributed by atoms with E-state index in [0.29, 0.717) is 17.8 Å². The molecule has 1 N–H and O–H groups in total. The summed E-state index contributed by atoms with van der Waals surface area (Å²) in [5.74, 6) is -0.296. The predicted octanol–water partition coefficient (Wildman–Crippen LogP) is 1.86. The van der Waals surface area contributed by atoms with Gasteiger partial charge in [0.2, 0.25) is 0 Å². The van der Waals surface area contributed by atoms with Crippen molar-refractivity contribution < 1.29 is 14.2 Å². The third-order valence-electron chi connectivity index (χ3n) is 2.64. The molecule has 0 aliphatic heterocycles. The first-order valence-electron chi connectivity index (χ1n) is 5.60. The summed E-state index contributed by atoms with van der Waals surface area (Å²) >= 11 is 0. The fraction of sp³-hybridized carbons (Fsp3) is 0.333. The number of rotatable bonds is 4. The van der Waals surface area contributed by atoms with Crippen LogP contribution in [0.2, 0.25) is 0 Å². The largest absolute Gasteiger partial charge is 0.494 e. The van der Waals surface area contributed by atoms with Crippen molar-refractivity contribution in [3.8, 4) is 11.4 Å². The molecule has 6 heteroatoms. The Hall–Kier alpha value is -1.95. The van der Waals surface area contributed by atoms with Crippen molar-refractivity contribution >= 4 is 0 Å². The maximum atomic E-state index is 13.3. The molecule has 1 aromatic carbocycles. The molecule has 0 saturated heterocycles. The highest BCUT2D eigenvalue weighted by Gasteiger charge is 2.11. The van der Waals surface area contributed by atoms with E-state index in [0.717, 1.165) is 0 Å². The number of ether oxygens (including phenoxy) is 1. The molecule has 0 aliphatic carbocycles. The Morgan fingerprint density at radius 3 is 2.94 bits per heavy atom. The molecular formula is C12H14FN3O2. The highest BCUT2D eigenvalue weighted by molar-refractivity contribution is 5.39. The van der Waals surface area contributed by atoms with Gasteiger partial charge in [-0.05, 0) is 18.6 Å². The van der Waals surface area contributed by atoms with Crippen LogP contribution in [0.4, 0.5) is 4.39 Å². The summed E-state index contributed by atoms with van der Waals surface area (Å²) in [5.41, 5.74) is 1.11. The summed E-state index contributed by atoms with van der Waals surface area (Å²) in [5, 5.41) is 17.4. The van der Waals surface area contributed by atoms with Crippen LogP contribution < -0.4 is 4.74 Å². The quantitative estimate of drug-likeness (QED) is 0.901. The van der Waals surface area contributed by atoms with Crippen LogP contribution in [0.5, 0.6) is 5.75 Å². The minimum Gasteiger partial charge on any atom is -0.494 e. The van der Waals surface area contributed by atoms with E-state index < -0.39 is 11.9 Å². The fourth-order valence-corrected chi connectivity index (χ4v) is 1.56. The van der Waals surface area contributed by atoms with Gasteiger partial charge in [0, 0.05) is 6.07 Å². The number of halogens is 1. The average Bonchev–Trinajstić information content (AvgIpc) is 2.88. The maximum absolute atomic E-state index is 13.3. The number of hydrogen-bond donors (Lipinski definition) is 1. The molecular weight excluding hydrogens is 237 g/mol. The molecule has 1 unspecified atom stereocenters. The summed E-state index contributed by atoms with van der Waals surface area (Å²) < 4.78 is 19.6. The van der Waals surface area contributed by atoms with Crippen LogP contribution in [-0.2, 0) is 0 Å². The number of aliphatic hydroxyl groups excluding tert-OH is 1. The molecule has 1 heterocycles. The molecule has 18 heavy (non-hydrogen) atoms. The Labute approximate surface area is 104 Å². The van der Waals surface area contributed by atoms with Gasteiger partial charge in [-0.2, -0.15) is 0 Å². The van der Waals surface area contributed by atoms with Crippen molar-refractivity contribution in [2.24, 2.45) is 0 Å². The van der Waals surface area contributed by atoms with Crippen molar-refractivity contribution in [2.45, 2.75) is 19.4 Å². The minimum absolute atomic E-state index is 0.139. The second-order valence-electron chi connectivity index (χ2n) is 3.83. The van der Waals surface area contributed by atoms with Gasteiger partial charge in [-0.15, -0.1) is 5.10 Å². The number of nitrogens with zero attached hydrogens (tertiary/aromatic N) is 3. The Bertz CT molecular complexity index is 542. The minimum atomic E-state index is -0.638. The van der Waals surface area contributed by atoms with E-state index in [1.54, 1.807) is 12.3 Å². The van der Waals surface area contributed by atoms with Crippen molar-refractivity contribution in [2.75, 3.05) is 7.11 Å². The van der Waals surface area contributed by atoms with Crippen LogP contribution in [0.15, 0.2) is 24.4 Å². The molecule has 96 valence electrons. The van der Waals surface area contributed by atoms with Gasteiger partial charge in [0.15, 0.2) is 11.6 Å². The zero-order chi connectivity index (χ0) is 13.1. The zero-order valence-electron chi connectivity index (χ0n) is 10.2. The van der Waals surface area contributed by atoms with E-state index in [1.165, 1.54) is 23.9 Å². The highest BCUT2D eigenvalue weighted by Crippen LogP contribution is 2.21. The van der Waals surface area contributed by atoms with E-state index in [9.17, 15) is 9.50 Å². The molecule has 1 aromatic heterocycles. The standard InChI is InChI=1S/C12H14FN3O2/c1-3-11(17)10-7-16(15-14-10)8-4-5-9(13)12(6-8)18-2/h4-7,11,17H,3H2,1-2H3. The Morgan fingerprint density at radius 1 is 1.50 bits per heavy atom. The van der Waals surface area contributed by atoms with E-state index in [2.05, 4.69) is 10.3 Å². The number of aliphatic hydroxyl groups is 1. The van der Waals surface area contributed by atoms with Crippen molar-refractivity contribution in [1.82, 2.24) is 15.0 Å². The first-order chi connectivity index (χ1) is 8.65. The van der Waals surface area contributed by atoms with Gasteiger partial charge in [-0.3, -0.25) is 0 Å². The predicted molar refractivity (Wildman–Crippen MR) is 63.1 cm³/mol. The van der Waals surface area contributed by atoms with Crippen LogP contribution in [0.3, 0.4) is 0 Å². The molecule has 2 rings (SSSR count). The summed E-state index contributed by atoms with van der Waals surface area (Å²) in [4.78, 5) is 0. The number of methoxy groups -OCH3 is 1. The first-order valence-corrected chi connectivity index (χ1v) is 5.60. The van der Waals surface area contributed by atoms with E-state index in [-0.39, 0.29) is 5.75 Å².